The molecule has 128 valence electrons. The second kappa shape index (κ2) is 7.45. The molecular formula is C19H25N3OS. The van der Waals surface area contributed by atoms with E-state index in [1.54, 1.807) is 0 Å². The molecule has 0 bridgehead atoms. The number of hydrogen-bond acceptors (Lipinski definition) is 4. The van der Waals surface area contributed by atoms with Crippen molar-refractivity contribution in [3.63, 3.8) is 0 Å². The van der Waals surface area contributed by atoms with Gasteiger partial charge in [-0.3, -0.25) is 15.0 Å². The summed E-state index contributed by atoms with van der Waals surface area (Å²) in [6.07, 6.45) is 1.31. The number of carbonyl (C=O) groups is 1. The highest BCUT2D eigenvalue weighted by molar-refractivity contribution is 7.13. The first-order valence-electron chi connectivity index (χ1n) is 8.54. The number of thiazole rings is 1. The molecule has 1 aliphatic rings. The minimum atomic E-state index is -0.0974. The number of piperidine rings is 1. The summed E-state index contributed by atoms with van der Waals surface area (Å²) in [5, 5.41) is 5.64. The standard InChI is InChI=1S/C19H25N3OS/c1-13-5-4-6-16(8-13)18(23)21-19-20-17(12-24-19)11-22-9-14(2)7-15(3)10-22/h4-6,8,12,14-15H,7,9-11H2,1-3H3,(H,20,21,23). The van der Waals surface area contributed by atoms with E-state index >= 15 is 0 Å². The number of nitrogens with zero attached hydrogens (tertiary/aromatic N) is 2. The number of aryl methyl sites for hydroxylation is 1. The lowest BCUT2D eigenvalue weighted by molar-refractivity contribution is 0.102. The zero-order valence-electron chi connectivity index (χ0n) is 14.6. The van der Waals surface area contributed by atoms with Gasteiger partial charge in [0.15, 0.2) is 5.13 Å². The Morgan fingerprint density at radius 2 is 2.08 bits per heavy atom. The quantitative estimate of drug-likeness (QED) is 0.906. The van der Waals surface area contributed by atoms with Gasteiger partial charge in [0.25, 0.3) is 5.91 Å². The molecule has 4 nitrogen and oxygen atoms in total. The van der Waals surface area contributed by atoms with E-state index in [2.05, 4.69) is 34.4 Å². The molecule has 0 radical (unpaired) electrons. The number of likely N-dealkylation sites (tertiary alicyclic amines) is 1. The number of anilines is 1. The van der Waals surface area contributed by atoms with E-state index in [0.717, 1.165) is 42.7 Å². The van der Waals surface area contributed by atoms with E-state index in [1.807, 2.05) is 31.2 Å². The predicted molar refractivity (Wildman–Crippen MR) is 99.5 cm³/mol. The molecule has 1 aromatic heterocycles. The molecule has 1 amide bonds. The third-order valence-electron chi connectivity index (χ3n) is 4.38. The van der Waals surface area contributed by atoms with Gasteiger partial charge in [0.2, 0.25) is 0 Å². The maximum atomic E-state index is 12.3. The van der Waals surface area contributed by atoms with E-state index in [9.17, 15) is 4.79 Å². The Bertz CT molecular complexity index is 702. The lowest BCUT2D eigenvalue weighted by Crippen LogP contribution is -2.38. The molecule has 1 N–H and O–H groups in total. The molecule has 0 saturated carbocycles. The Labute approximate surface area is 147 Å². The van der Waals surface area contributed by atoms with Crippen LogP contribution in [-0.2, 0) is 6.54 Å². The average molecular weight is 343 g/mol. The summed E-state index contributed by atoms with van der Waals surface area (Å²) in [7, 11) is 0. The van der Waals surface area contributed by atoms with Crippen LogP contribution in [0.25, 0.3) is 0 Å². The van der Waals surface area contributed by atoms with Gasteiger partial charge < -0.3 is 0 Å². The first-order valence-corrected chi connectivity index (χ1v) is 9.42. The van der Waals surface area contributed by atoms with Crippen LogP contribution >= 0.6 is 11.3 Å². The summed E-state index contributed by atoms with van der Waals surface area (Å²) < 4.78 is 0. The fourth-order valence-corrected chi connectivity index (χ4v) is 4.24. The highest BCUT2D eigenvalue weighted by atomic mass is 32.1. The maximum absolute atomic E-state index is 12.3. The van der Waals surface area contributed by atoms with Crippen LogP contribution in [0.4, 0.5) is 5.13 Å². The van der Waals surface area contributed by atoms with Crippen LogP contribution in [0.1, 0.15) is 41.9 Å². The third kappa shape index (κ3) is 4.42. The van der Waals surface area contributed by atoms with Gasteiger partial charge in [-0.1, -0.05) is 31.5 Å². The van der Waals surface area contributed by atoms with Crippen LogP contribution in [0.15, 0.2) is 29.6 Å². The van der Waals surface area contributed by atoms with Gasteiger partial charge in [0, 0.05) is 30.6 Å². The molecule has 0 spiro atoms. The maximum Gasteiger partial charge on any atom is 0.257 e. The second-order valence-electron chi connectivity index (χ2n) is 7.11. The van der Waals surface area contributed by atoms with Crippen LogP contribution in [0, 0.1) is 18.8 Å². The zero-order valence-corrected chi connectivity index (χ0v) is 15.4. The Morgan fingerprint density at radius 3 is 2.79 bits per heavy atom. The Hall–Kier alpha value is -1.72. The van der Waals surface area contributed by atoms with Crippen molar-refractivity contribution in [3.05, 3.63) is 46.5 Å². The smallest absolute Gasteiger partial charge is 0.257 e. The number of benzene rings is 1. The van der Waals surface area contributed by atoms with Crippen molar-refractivity contribution in [2.45, 2.75) is 33.7 Å². The van der Waals surface area contributed by atoms with Crippen LogP contribution in [-0.4, -0.2) is 28.9 Å². The zero-order chi connectivity index (χ0) is 17.1. The van der Waals surface area contributed by atoms with Gasteiger partial charge in [-0.05, 0) is 37.3 Å². The van der Waals surface area contributed by atoms with E-state index < -0.39 is 0 Å². The molecule has 24 heavy (non-hydrogen) atoms. The van der Waals surface area contributed by atoms with Crippen LogP contribution in [0.3, 0.4) is 0 Å². The number of nitrogens with one attached hydrogen (secondary N) is 1. The van der Waals surface area contributed by atoms with Gasteiger partial charge in [0.1, 0.15) is 0 Å². The van der Waals surface area contributed by atoms with Gasteiger partial charge in [0.05, 0.1) is 5.69 Å². The van der Waals surface area contributed by atoms with Crippen LogP contribution in [0.2, 0.25) is 0 Å². The molecule has 2 aromatic rings. The van der Waals surface area contributed by atoms with Gasteiger partial charge >= 0.3 is 0 Å². The van der Waals surface area contributed by atoms with Gasteiger partial charge in [-0.25, -0.2) is 4.98 Å². The molecular weight excluding hydrogens is 318 g/mol. The monoisotopic (exact) mass is 343 g/mol. The molecule has 2 heterocycles. The van der Waals surface area contributed by atoms with Crippen molar-refractivity contribution in [2.24, 2.45) is 11.8 Å². The van der Waals surface area contributed by atoms with Gasteiger partial charge in [-0.15, -0.1) is 11.3 Å². The molecule has 1 aliphatic heterocycles. The molecule has 2 atom stereocenters. The SMILES string of the molecule is Cc1cccc(C(=O)Nc2nc(CN3CC(C)CC(C)C3)cs2)c1. The largest absolute Gasteiger partial charge is 0.298 e. The number of rotatable bonds is 4. The number of amides is 1. The predicted octanol–water partition coefficient (Wildman–Crippen LogP) is 4.18. The molecule has 5 heteroatoms. The van der Waals surface area contributed by atoms with E-state index in [1.165, 1.54) is 17.8 Å². The lowest BCUT2D eigenvalue weighted by atomic mass is 9.92. The van der Waals surface area contributed by atoms with E-state index in [-0.39, 0.29) is 5.91 Å². The number of hydrogen-bond donors (Lipinski definition) is 1. The number of aromatic nitrogens is 1. The Balaban J connectivity index is 1.60. The highest BCUT2D eigenvalue weighted by Gasteiger charge is 2.22. The van der Waals surface area contributed by atoms with Crippen molar-refractivity contribution >= 4 is 22.4 Å². The van der Waals surface area contributed by atoms with Crippen molar-refractivity contribution in [1.82, 2.24) is 9.88 Å². The molecule has 1 aromatic carbocycles. The van der Waals surface area contributed by atoms with Crippen molar-refractivity contribution in [3.8, 4) is 0 Å². The molecule has 0 aliphatic carbocycles. The van der Waals surface area contributed by atoms with Crippen molar-refractivity contribution in [2.75, 3.05) is 18.4 Å². The summed E-state index contributed by atoms with van der Waals surface area (Å²) >= 11 is 1.50. The van der Waals surface area contributed by atoms with Gasteiger partial charge in [-0.2, -0.15) is 0 Å². The second-order valence-corrected chi connectivity index (χ2v) is 7.97. The van der Waals surface area contributed by atoms with Crippen LogP contribution in [0.5, 0.6) is 0 Å². The molecule has 1 fully saturated rings. The Morgan fingerprint density at radius 1 is 1.33 bits per heavy atom. The summed E-state index contributed by atoms with van der Waals surface area (Å²) in [6, 6.07) is 7.60. The summed E-state index contributed by atoms with van der Waals surface area (Å²) in [6.45, 7) is 9.75. The van der Waals surface area contributed by atoms with E-state index in [4.69, 9.17) is 0 Å². The summed E-state index contributed by atoms with van der Waals surface area (Å²) in [5.74, 6) is 1.39. The molecule has 1 saturated heterocycles. The van der Waals surface area contributed by atoms with Crippen molar-refractivity contribution in [1.29, 1.82) is 0 Å². The van der Waals surface area contributed by atoms with Crippen LogP contribution < -0.4 is 5.32 Å². The lowest BCUT2D eigenvalue weighted by Gasteiger charge is -2.34. The number of carbonyl (C=O) groups excluding carboxylic acids is 1. The minimum Gasteiger partial charge on any atom is -0.298 e. The minimum absolute atomic E-state index is 0.0974. The Kier molecular flexibility index (Phi) is 5.31. The first kappa shape index (κ1) is 17.1. The normalized spacial score (nSPS) is 21.6. The summed E-state index contributed by atoms with van der Waals surface area (Å²) in [5.41, 5.74) is 2.79. The van der Waals surface area contributed by atoms with Crippen molar-refractivity contribution < 1.29 is 4.79 Å². The average Bonchev–Trinajstić information content (AvgIpc) is 2.93. The fourth-order valence-electron chi connectivity index (χ4n) is 3.54. The molecule has 3 rings (SSSR count). The molecule has 2 unspecified atom stereocenters. The first-order chi connectivity index (χ1) is 11.5. The van der Waals surface area contributed by atoms with E-state index in [0.29, 0.717) is 10.7 Å². The summed E-state index contributed by atoms with van der Waals surface area (Å²) in [4.78, 5) is 19.4. The highest BCUT2D eigenvalue weighted by Crippen LogP contribution is 2.24. The third-order valence-corrected chi connectivity index (χ3v) is 5.19. The topological polar surface area (TPSA) is 45.2 Å². The fraction of sp³-hybridized carbons (Fsp3) is 0.474.